The zero-order valence-electron chi connectivity index (χ0n) is 15.2. The third-order valence-electron chi connectivity index (χ3n) is 4.79. The first kappa shape index (κ1) is 18.3. The van der Waals surface area contributed by atoms with Crippen LogP contribution < -0.4 is 15.6 Å². The highest BCUT2D eigenvalue weighted by Gasteiger charge is 2.22. The average molecular weight is 383 g/mol. The summed E-state index contributed by atoms with van der Waals surface area (Å²) in [6, 6.07) is 12.4. The number of anilines is 1. The maximum atomic E-state index is 13.3. The summed E-state index contributed by atoms with van der Waals surface area (Å²) in [6.07, 6.45) is 0. The Bertz CT molecular complexity index is 1060. The number of quaternary nitrogens is 1. The van der Waals surface area contributed by atoms with E-state index in [1.165, 1.54) is 24.3 Å². The number of morpholine rings is 1. The van der Waals surface area contributed by atoms with E-state index in [0.29, 0.717) is 29.7 Å². The van der Waals surface area contributed by atoms with Crippen LogP contribution in [0.1, 0.15) is 0 Å². The second kappa shape index (κ2) is 7.92. The van der Waals surface area contributed by atoms with Gasteiger partial charge in [0.1, 0.15) is 24.5 Å². The molecule has 0 spiro atoms. The second-order valence-electron chi connectivity index (χ2n) is 6.73. The van der Waals surface area contributed by atoms with E-state index in [-0.39, 0.29) is 29.3 Å². The second-order valence-corrected chi connectivity index (χ2v) is 6.73. The highest BCUT2D eigenvalue weighted by molar-refractivity contribution is 5.96. The summed E-state index contributed by atoms with van der Waals surface area (Å²) >= 11 is 0. The minimum atomic E-state index is -0.407. The quantitative estimate of drug-likeness (QED) is 0.715. The maximum absolute atomic E-state index is 13.3. The lowest BCUT2D eigenvalue weighted by molar-refractivity contribution is -0.899. The van der Waals surface area contributed by atoms with Gasteiger partial charge in [0.2, 0.25) is 11.3 Å². The third kappa shape index (κ3) is 3.81. The number of rotatable bonds is 4. The number of hydrogen-bond acceptors (Lipinski definition) is 4. The van der Waals surface area contributed by atoms with Crippen LogP contribution in [-0.2, 0) is 9.53 Å². The number of hydrogen-bond donors (Lipinski definition) is 2. The average Bonchev–Trinajstić information content (AvgIpc) is 2.70. The van der Waals surface area contributed by atoms with Crippen molar-refractivity contribution in [1.29, 1.82) is 0 Å². The molecule has 1 amide bonds. The highest BCUT2D eigenvalue weighted by Crippen LogP contribution is 2.28. The number of ether oxygens (including phenoxy) is 1. The summed E-state index contributed by atoms with van der Waals surface area (Å²) in [7, 11) is 0. The highest BCUT2D eigenvalue weighted by atomic mass is 19.1. The van der Waals surface area contributed by atoms with E-state index in [4.69, 9.17) is 9.15 Å². The van der Waals surface area contributed by atoms with Crippen LogP contribution >= 0.6 is 0 Å². The molecule has 1 saturated heterocycles. The molecule has 0 unspecified atom stereocenters. The van der Waals surface area contributed by atoms with Gasteiger partial charge in [-0.05, 0) is 29.8 Å². The van der Waals surface area contributed by atoms with Crippen LogP contribution in [-0.4, -0.2) is 38.8 Å². The van der Waals surface area contributed by atoms with Gasteiger partial charge in [-0.2, -0.15) is 0 Å². The Labute approximate surface area is 160 Å². The first-order valence-electron chi connectivity index (χ1n) is 9.15. The van der Waals surface area contributed by atoms with Gasteiger partial charge in [0.25, 0.3) is 5.91 Å². The molecule has 28 heavy (non-hydrogen) atoms. The van der Waals surface area contributed by atoms with E-state index in [2.05, 4.69) is 5.32 Å². The molecular formula is C21H20FN2O4+. The molecule has 2 heterocycles. The molecule has 7 heteroatoms. The van der Waals surface area contributed by atoms with Crippen molar-refractivity contribution in [2.24, 2.45) is 0 Å². The summed E-state index contributed by atoms with van der Waals surface area (Å²) in [6.45, 7) is 2.99. The molecule has 3 aromatic rings. The fourth-order valence-electron chi connectivity index (χ4n) is 3.34. The van der Waals surface area contributed by atoms with Gasteiger partial charge in [-0.25, -0.2) is 4.39 Å². The smallest absolute Gasteiger partial charge is 0.281 e. The number of para-hydroxylation sites is 1. The van der Waals surface area contributed by atoms with Crippen molar-refractivity contribution >= 4 is 22.8 Å². The van der Waals surface area contributed by atoms with Gasteiger partial charge in [0.05, 0.1) is 24.2 Å². The lowest BCUT2D eigenvalue weighted by Crippen LogP contribution is -3.15. The predicted octanol–water partition coefficient (Wildman–Crippen LogP) is 1.45. The van der Waals surface area contributed by atoms with Crippen LogP contribution in [0.2, 0.25) is 0 Å². The topological polar surface area (TPSA) is 73.0 Å². The van der Waals surface area contributed by atoms with E-state index < -0.39 is 5.82 Å². The van der Waals surface area contributed by atoms with Crippen molar-refractivity contribution in [3.63, 3.8) is 0 Å². The number of nitrogens with one attached hydrogen (secondary N) is 2. The molecular weight excluding hydrogens is 363 g/mol. The van der Waals surface area contributed by atoms with Gasteiger partial charge in [-0.15, -0.1) is 0 Å². The van der Waals surface area contributed by atoms with Crippen molar-refractivity contribution in [2.75, 3.05) is 38.2 Å². The Hall–Kier alpha value is -3.03. The van der Waals surface area contributed by atoms with Gasteiger partial charge < -0.3 is 14.1 Å². The molecule has 0 aliphatic carbocycles. The first-order chi connectivity index (χ1) is 13.6. The SMILES string of the molecule is O=C(C[NH+]1CCOCC1)Nc1oc2ccccc2c(=O)c1-c1ccc(F)cc1. The molecule has 4 rings (SSSR count). The summed E-state index contributed by atoms with van der Waals surface area (Å²) in [5, 5.41) is 3.14. The van der Waals surface area contributed by atoms with E-state index in [9.17, 15) is 14.0 Å². The zero-order chi connectivity index (χ0) is 19.5. The van der Waals surface area contributed by atoms with E-state index in [1.807, 2.05) is 0 Å². The molecule has 0 atom stereocenters. The monoisotopic (exact) mass is 383 g/mol. The van der Waals surface area contributed by atoms with Gasteiger partial charge in [-0.3, -0.25) is 14.9 Å². The maximum Gasteiger partial charge on any atom is 0.281 e. The number of amides is 1. The molecule has 2 aromatic carbocycles. The standard InChI is InChI=1S/C21H19FN2O4/c22-15-7-5-14(6-8-15)19-20(26)16-3-1-2-4-17(16)28-21(19)23-18(25)13-24-9-11-27-12-10-24/h1-8H,9-13H2,(H,23,25)/p+1. The summed E-state index contributed by atoms with van der Waals surface area (Å²) < 4.78 is 24.5. The van der Waals surface area contributed by atoms with Crippen molar-refractivity contribution in [2.45, 2.75) is 0 Å². The fraction of sp³-hybridized carbons (Fsp3) is 0.238. The molecule has 6 nitrogen and oxygen atoms in total. The normalized spacial score (nSPS) is 14.9. The minimum Gasteiger partial charge on any atom is -0.439 e. The van der Waals surface area contributed by atoms with Gasteiger partial charge in [-0.1, -0.05) is 24.3 Å². The van der Waals surface area contributed by atoms with E-state index in [0.717, 1.165) is 18.0 Å². The molecule has 144 valence electrons. The molecule has 0 radical (unpaired) electrons. The molecule has 1 aliphatic heterocycles. The minimum absolute atomic E-state index is 0.0768. The number of carbonyl (C=O) groups is 1. The largest absolute Gasteiger partial charge is 0.439 e. The Morgan fingerprint density at radius 2 is 1.79 bits per heavy atom. The molecule has 1 aromatic heterocycles. The van der Waals surface area contributed by atoms with Crippen LogP contribution in [0, 0.1) is 5.82 Å². The summed E-state index contributed by atoms with van der Waals surface area (Å²) in [4.78, 5) is 26.8. The Morgan fingerprint density at radius 1 is 1.07 bits per heavy atom. The van der Waals surface area contributed by atoms with Crippen molar-refractivity contribution < 1.29 is 23.2 Å². The zero-order valence-corrected chi connectivity index (χ0v) is 15.2. The van der Waals surface area contributed by atoms with Crippen molar-refractivity contribution in [1.82, 2.24) is 0 Å². The molecule has 2 N–H and O–H groups in total. The van der Waals surface area contributed by atoms with E-state index in [1.54, 1.807) is 24.3 Å². The predicted molar refractivity (Wildman–Crippen MR) is 103 cm³/mol. The lowest BCUT2D eigenvalue weighted by atomic mass is 10.0. The molecule has 1 aliphatic rings. The van der Waals surface area contributed by atoms with Gasteiger partial charge >= 0.3 is 0 Å². The lowest BCUT2D eigenvalue weighted by Gasteiger charge is -2.23. The third-order valence-corrected chi connectivity index (χ3v) is 4.79. The number of halogens is 1. The van der Waals surface area contributed by atoms with E-state index >= 15 is 0 Å². The van der Waals surface area contributed by atoms with Gasteiger partial charge in [0, 0.05) is 0 Å². The molecule has 0 saturated carbocycles. The fourth-order valence-corrected chi connectivity index (χ4v) is 3.34. The number of carbonyl (C=O) groups excluding carboxylic acids is 1. The van der Waals surface area contributed by atoms with Crippen LogP contribution in [0.25, 0.3) is 22.1 Å². The number of fused-ring (bicyclic) bond motifs is 1. The Morgan fingerprint density at radius 3 is 2.54 bits per heavy atom. The van der Waals surface area contributed by atoms with Crippen LogP contribution in [0.5, 0.6) is 0 Å². The van der Waals surface area contributed by atoms with Crippen molar-refractivity contribution in [3.05, 3.63) is 64.6 Å². The van der Waals surface area contributed by atoms with Crippen LogP contribution in [0.3, 0.4) is 0 Å². The van der Waals surface area contributed by atoms with Crippen LogP contribution in [0.4, 0.5) is 10.3 Å². The molecule has 1 fully saturated rings. The van der Waals surface area contributed by atoms with Crippen LogP contribution in [0.15, 0.2) is 57.7 Å². The number of benzene rings is 2. The summed E-state index contributed by atoms with van der Waals surface area (Å²) in [5.74, 6) is -0.581. The summed E-state index contributed by atoms with van der Waals surface area (Å²) in [5.41, 5.74) is 0.800. The Kier molecular flexibility index (Phi) is 5.18. The molecule has 0 bridgehead atoms. The Balaban J connectivity index is 1.73. The van der Waals surface area contributed by atoms with Crippen molar-refractivity contribution in [3.8, 4) is 11.1 Å². The van der Waals surface area contributed by atoms with Gasteiger partial charge in [0.15, 0.2) is 6.54 Å². The first-order valence-corrected chi connectivity index (χ1v) is 9.15.